The predicted molar refractivity (Wildman–Crippen MR) is 113 cm³/mol. The average molecular weight is 425 g/mol. The second kappa shape index (κ2) is 10.6. The maximum absolute atomic E-state index is 13.7. The summed E-state index contributed by atoms with van der Waals surface area (Å²) in [6.45, 7) is 6.14. The van der Waals surface area contributed by atoms with E-state index in [1.165, 1.54) is 6.42 Å². The molecule has 0 bridgehead atoms. The quantitative estimate of drug-likeness (QED) is 0.524. The summed E-state index contributed by atoms with van der Waals surface area (Å²) >= 11 is 0. The van der Waals surface area contributed by atoms with Gasteiger partial charge in [-0.25, -0.2) is 0 Å². The van der Waals surface area contributed by atoms with Gasteiger partial charge in [0.05, 0.1) is 12.7 Å². The third kappa shape index (κ3) is 5.76. The Morgan fingerprint density at radius 2 is 1.67 bits per heavy atom. The summed E-state index contributed by atoms with van der Waals surface area (Å²) in [5.74, 6) is 0. The predicted octanol–water partition coefficient (Wildman–Crippen LogP) is 6.49. The lowest BCUT2D eigenvalue weighted by molar-refractivity contribution is -0.327. The van der Waals surface area contributed by atoms with Crippen LogP contribution in [-0.2, 0) is 11.3 Å². The number of alkyl halides is 3. The molecule has 0 N–H and O–H groups in total. The molecule has 3 rings (SSSR count). The van der Waals surface area contributed by atoms with Crippen molar-refractivity contribution in [2.24, 2.45) is 5.41 Å². The minimum atomic E-state index is -4.37. The lowest BCUT2D eigenvalue weighted by atomic mass is 9.68. The first-order valence-corrected chi connectivity index (χ1v) is 11.1. The van der Waals surface area contributed by atoms with Gasteiger partial charge in [0.15, 0.2) is 5.60 Å². The SMILES string of the molecule is CCC.CCC1(CC#N)CCC(N2CC(OCc3ccccc3)(C(F)(F)F)C2)CC1. The topological polar surface area (TPSA) is 36.3 Å². The van der Waals surface area contributed by atoms with E-state index < -0.39 is 11.8 Å². The molecule has 1 saturated heterocycles. The van der Waals surface area contributed by atoms with Crippen LogP contribution >= 0.6 is 0 Å². The van der Waals surface area contributed by atoms with Crippen molar-refractivity contribution >= 4 is 0 Å². The van der Waals surface area contributed by atoms with Gasteiger partial charge in [0.2, 0.25) is 0 Å². The van der Waals surface area contributed by atoms with E-state index in [0.29, 0.717) is 6.42 Å². The Morgan fingerprint density at radius 1 is 1.10 bits per heavy atom. The smallest absolute Gasteiger partial charge is 0.358 e. The van der Waals surface area contributed by atoms with E-state index in [1.54, 1.807) is 24.3 Å². The van der Waals surface area contributed by atoms with Crippen molar-refractivity contribution in [3.05, 3.63) is 35.9 Å². The summed E-state index contributed by atoms with van der Waals surface area (Å²) in [7, 11) is 0. The first-order chi connectivity index (χ1) is 14.2. The minimum Gasteiger partial charge on any atom is -0.358 e. The molecule has 1 aliphatic carbocycles. The molecular formula is C24H35F3N2O. The van der Waals surface area contributed by atoms with Crippen LogP contribution in [0.5, 0.6) is 0 Å². The van der Waals surface area contributed by atoms with E-state index >= 15 is 0 Å². The van der Waals surface area contributed by atoms with Crippen LogP contribution in [0.1, 0.15) is 71.3 Å². The molecule has 0 unspecified atom stereocenters. The normalized spacial score (nSPS) is 26.1. The highest BCUT2D eigenvalue weighted by Gasteiger charge is 2.64. The van der Waals surface area contributed by atoms with Crippen LogP contribution in [0, 0.1) is 16.7 Å². The molecular weight excluding hydrogens is 389 g/mol. The van der Waals surface area contributed by atoms with Gasteiger partial charge < -0.3 is 4.74 Å². The molecule has 168 valence electrons. The second-order valence-electron chi connectivity index (χ2n) is 8.80. The standard InChI is InChI=1S/C21H27F3N2O.C3H8/c1-2-19(12-13-25)10-8-18(9-11-19)26-15-20(16-26,21(22,23)24)27-14-17-6-4-3-5-7-17;1-3-2/h3-7,18H,2,8-12,14-16H2,1H3;3H2,1-2H3. The molecule has 1 aromatic rings. The maximum atomic E-state index is 13.7. The van der Waals surface area contributed by atoms with Crippen LogP contribution in [0.3, 0.4) is 0 Å². The fourth-order valence-electron chi connectivity index (χ4n) is 4.42. The van der Waals surface area contributed by atoms with Gasteiger partial charge in [0.1, 0.15) is 0 Å². The van der Waals surface area contributed by atoms with Crippen LogP contribution in [0.25, 0.3) is 0 Å². The number of ether oxygens (including phenoxy) is 1. The number of nitriles is 1. The number of benzene rings is 1. The van der Waals surface area contributed by atoms with Crippen LogP contribution in [0.4, 0.5) is 13.2 Å². The fourth-order valence-corrected chi connectivity index (χ4v) is 4.42. The molecule has 1 saturated carbocycles. The van der Waals surface area contributed by atoms with Gasteiger partial charge in [-0.3, -0.25) is 4.90 Å². The molecule has 0 spiro atoms. The molecule has 1 aliphatic heterocycles. The van der Waals surface area contributed by atoms with E-state index in [0.717, 1.165) is 37.7 Å². The number of hydrogen-bond donors (Lipinski definition) is 0. The monoisotopic (exact) mass is 424 g/mol. The third-order valence-corrected chi connectivity index (χ3v) is 6.53. The number of likely N-dealkylation sites (tertiary alicyclic amines) is 1. The Bertz CT molecular complexity index is 670. The maximum Gasteiger partial charge on any atom is 0.419 e. The Morgan fingerprint density at radius 3 is 2.13 bits per heavy atom. The summed E-state index contributed by atoms with van der Waals surface area (Å²) in [6.07, 6.45) is 1.94. The number of halogens is 3. The van der Waals surface area contributed by atoms with Gasteiger partial charge in [0, 0.05) is 25.6 Å². The molecule has 6 heteroatoms. The van der Waals surface area contributed by atoms with E-state index in [4.69, 9.17) is 10.00 Å². The van der Waals surface area contributed by atoms with Crippen molar-refractivity contribution in [2.45, 2.75) is 90.1 Å². The summed E-state index contributed by atoms with van der Waals surface area (Å²) in [5.41, 5.74) is -1.25. The Labute approximate surface area is 179 Å². The molecule has 1 aromatic carbocycles. The van der Waals surface area contributed by atoms with Crippen molar-refractivity contribution in [2.75, 3.05) is 13.1 Å². The van der Waals surface area contributed by atoms with E-state index in [9.17, 15) is 13.2 Å². The lowest BCUT2D eigenvalue weighted by Gasteiger charge is -2.55. The van der Waals surface area contributed by atoms with Crippen molar-refractivity contribution in [1.82, 2.24) is 4.90 Å². The van der Waals surface area contributed by atoms with E-state index in [1.807, 2.05) is 11.0 Å². The van der Waals surface area contributed by atoms with Crippen LogP contribution in [-0.4, -0.2) is 35.8 Å². The number of nitrogens with zero attached hydrogens (tertiary/aromatic N) is 2. The fraction of sp³-hybridized carbons (Fsp3) is 0.708. The number of rotatable bonds is 6. The molecule has 0 amide bonds. The zero-order valence-electron chi connectivity index (χ0n) is 18.5. The third-order valence-electron chi connectivity index (χ3n) is 6.53. The Kier molecular flexibility index (Phi) is 8.75. The molecule has 30 heavy (non-hydrogen) atoms. The van der Waals surface area contributed by atoms with Gasteiger partial charge in [0.25, 0.3) is 0 Å². The van der Waals surface area contributed by atoms with Gasteiger partial charge in [-0.15, -0.1) is 0 Å². The molecule has 1 heterocycles. The highest BCUT2D eigenvalue weighted by Crippen LogP contribution is 2.47. The molecule has 0 atom stereocenters. The zero-order valence-corrected chi connectivity index (χ0v) is 18.5. The van der Waals surface area contributed by atoms with E-state index in [2.05, 4.69) is 26.8 Å². The van der Waals surface area contributed by atoms with Gasteiger partial charge in [-0.2, -0.15) is 18.4 Å². The summed E-state index contributed by atoms with van der Waals surface area (Å²) in [5, 5.41) is 9.06. The number of hydrogen-bond acceptors (Lipinski definition) is 3. The summed E-state index contributed by atoms with van der Waals surface area (Å²) in [4.78, 5) is 1.92. The van der Waals surface area contributed by atoms with Gasteiger partial charge in [-0.1, -0.05) is 57.5 Å². The molecule has 0 aromatic heterocycles. The minimum absolute atomic E-state index is 0.0278. The van der Waals surface area contributed by atoms with Crippen molar-refractivity contribution in [1.29, 1.82) is 5.26 Å². The van der Waals surface area contributed by atoms with Crippen LogP contribution < -0.4 is 0 Å². The summed E-state index contributed by atoms with van der Waals surface area (Å²) in [6, 6.07) is 11.4. The van der Waals surface area contributed by atoms with Gasteiger partial charge in [-0.05, 0) is 43.1 Å². The van der Waals surface area contributed by atoms with E-state index in [-0.39, 0.29) is 31.2 Å². The molecule has 2 aliphatic rings. The molecule has 2 fully saturated rings. The summed E-state index contributed by atoms with van der Waals surface area (Å²) < 4.78 is 46.5. The zero-order chi connectivity index (χ0) is 22.3. The molecule has 0 radical (unpaired) electrons. The highest BCUT2D eigenvalue weighted by molar-refractivity contribution is 5.14. The highest BCUT2D eigenvalue weighted by atomic mass is 19.4. The van der Waals surface area contributed by atoms with Crippen molar-refractivity contribution in [3.8, 4) is 6.07 Å². The second-order valence-corrected chi connectivity index (χ2v) is 8.80. The average Bonchev–Trinajstić information content (AvgIpc) is 2.69. The first kappa shape index (κ1) is 24.7. The van der Waals surface area contributed by atoms with Crippen molar-refractivity contribution < 1.29 is 17.9 Å². The van der Waals surface area contributed by atoms with Gasteiger partial charge >= 0.3 is 6.18 Å². The Balaban J connectivity index is 0.00000101. The Hall–Kier alpha value is -1.58. The van der Waals surface area contributed by atoms with Crippen molar-refractivity contribution in [3.63, 3.8) is 0 Å². The van der Waals surface area contributed by atoms with Crippen LogP contribution in [0.2, 0.25) is 0 Å². The first-order valence-electron chi connectivity index (χ1n) is 11.1. The largest absolute Gasteiger partial charge is 0.419 e. The molecule has 3 nitrogen and oxygen atoms in total. The van der Waals surface area contributed by atoms with Crippen LogP contribution in [0.15, 0.2) is 30.3 Å². The lowest BCUT2D eigenvalue weighted by Crippen LogP contribution is -2.72.